The van der Waals surface area contributed by atoms with Crippen molar-refractivity contribution in [1.29, 1.82) is 0 Å². The number of likely N-dealkylation sites (tertiary alicyclic amines) is 1. The number of fused-ring (bicyclic) bond motifs is 1. The maximum absolute atomic E-state index is 13.3. The van der Waals surface area contributed by atoms with Crippen molar-refractivity contribution in [3.05, 3.63) is 40.4 Å². The third-order valence-electron chi connectivity index (χ3n) is 5.67. The fourth-order valence-electron chi connectivity index (χ4n) is 4.53. The minimum Gasteiger partial charge on any atom is -0.465 e. The number of piperidine rings is 1. The predicted molar refractivity (Wildman–Crippen MR) is 95.9 cm³/mol. The predicted octanol–water partition coefficient (Wildman–Crippen LogP) is 3.53. The zero-order valence-corrected chi connectivity index (χ0v) is 15.5. The topological polar surface area (TPSA) is 51.3 Å². The Bertz CT molecular complexity index is 802. The average Bonchev–Trinajstić information content (AvgIpc) is 3.12. The number of furan rings is 1. The molecule has 0 N–H and O–H groups in total. The maximum atomic E-state index is 13.3. The van der Waals surface area contributed by atoms with Crippen molar-refractivity contribution in [3.63, 3.8) is 0 Å². The van der Waals surface area contributed by atoms with Gasteiger partial charge >= 0.3 is 0 Å². The van der Waals surface area contributed by atoms with Crippen LogP contribution in [-0.4, -0.2) is 33.4 Å². The van der Waals surface area contributed by atoms with Gasteiger partial charge in [0, 0.05) is 44.2 Å². The fourth-order valence-corrected chi connectivity index (χ4v) is 4.53. The zero-order chi connectivity index (χ0) is 17.6. The summed E-state index contributed by atoms with van der Waals surface area (Å²) >= 11 is 0. The van der Waals surface area contributed by atoms with Gasteiger partial charge in [0.05, 0.1) is 11.3 Å². The summed E-state index contributed by atoms with van der Waals surface area (Å²) in [4.78, 5) is 20.0. The first-order valence-electron chi connectivity index (χ1n) is 9.45. The number of rotatable bonds is 2. The van der Waals surface area contributed by atoms with Gasteiger partial charge < -0.3 is 13.9 Å². The van der Waals surface area contributed by atoms with E-state index in [0.717, 1.165) is 80.2 Å². The molecule has 1 atom stereocenters. The fraction of sp³-hybridized carbons (Fsp3) is 0.600. The number of aryl methyl sites for hydroxylation is 4. The Morgan fingerprint density at radius 3 is 2.80 bits per heavy atom. The van der Waals surface area contributed by atoms with Gasteiger partial charge in [0.25, 0.3) is 5.91 Å². The Balaban J connectivity index is 1.58. The smallest absolute Gasteiger partial charge is 0.257 e. The minimum atomic E-state index is 0.153. The lowest BCUT2D eigenvalue weighted by Crippen LogP contribution is -2.40. The van der Waals surface area contributed by atoms with Gasteiger partial charge in [-0.15, -0.1) is 0 Å². The molecule has 25 heavy (non-hydrogen) atoms. The van der Waals surface area contributed by atoms with Crippen LogP contribution in [0.1, 0.15) is 70.6 Å². The second kappa shape index (κ2) is 6.36. The third kappa shape index (κ3) is 2.90. The highest BCUT2D eigenvalue weighted by atomic mass is 16.3. The van der Waals surface area contributed by atoms with Gasteiger partial charge in [0.1, 0.15) is 17.3 Å². The highest BCUT2D eigenvalue weighted by Crippen LogP contribution is 2.32. The Morgan fingerprint density at radius 1 is 1.24 bits per heavy atom. The molecule has 5 heteroatoms. The van der Waals surface area contributed by atoms with Crippen LogP contribution >= 0.6 is 0 Å². The van der Waals surface area contributed by atoms with Crippen LogP contribution in [0.3, 0.4) is 0 Å². The number of carbonyl (C=O) groups is 1. The van der Waals surface area contributed by atoms with E-state index in [4.69, 9.17) is 4.42 Å². The molecule has 134 valence electrons. The summed E-state index contributed by atoms with van der Waals surface area (Å²) in [6.45, 7) is 5.55. The van der Waals surface area contributed by atoms with Gasteiger partial charge in [0.2, 0.25) is 0 Å². The first kappa shape index (κ1) is 16.4. The van der Waals surface area contributed by atoms with E-state index in [1.54, 1.807) is 0 Å². The third-order valence-corrected chi connectivity index (χ3v) is 5.67. The molecule has 2 aliphatic rings. The molecule has 0 aromatic carbocycles. The molecule has 1 aliphatic heterocycles. The Kier molecular flexibility index (Phi) is 4.18. The quantitative estimate of drug-likeness (QED) is 0.840. The lowest BCUT2D eigenvalue weighted by atomic mass is 9.92. The summed E-state index contributed by atoms with van der Waals surface area (Å²) in [6.07, 6.45) is 8.45. The average molecular weight is 341 g/mol. The van der Waals surface area contributed by atoms with E-state index in [1.165, 1.54) is 5.56 Å². The second-order valence-electron chi connectivity index (χ2n) is 7.58. The number of aromatic nitrogens is 2. The first-order chi connectivity index (χ1) is 12.0. The zero-order valence-electron chi connectivity index (χ0n) is 15.5. The van der Waals surface area contributed by atoms with Crippen LogP contribution in [-0.2, 0) is 19.9 Å². The van der Waals surface area contributed by atoms with Gasteiger partial charge in [-0.2, -0.15) is 0 Å². The van der Waals surface area contributed by atoms with Crippen LogP contribution in [0.2, 0.25) is 0 Å². The number of carbonyl (C=O) groups excluding carboxylic acids is 1. The van der Waals surface area contributed by atoms with Crippen molar-refractivity contribution in [3.8, 4) is 0 Å². The molecule has 1 fully saturated rings. The molecule has 4 rings (SSSR count). The molecule has 0 spiro atoms. The minimum absolute atomic E-state index is 0.153. The van der Waals surface area contributed by atoms with E-state index in [-0.39, 0.29) is 5.91 Å². The lowest BCUT2D eigenvalue weighted by Gasteiger charge is -2.32. The van der Waals surface area contributed by atoms with Gasteiger partial charge in [-0.1, -0.05) is 0 Å². The first-order valence-corrected chi connectivity index (χ1v) is 9.45. The monoisotopic (exact) mass is 341 g/mol. The Labute approximate surface area is 149 Å². The summed E-state index contributed by atoms with van der Waals surface area (Å²) in [5.74, 6) is 3.41. The SMILES string of the molecule is Cc1cn(C)c([C@@H]2CCCN(C(=O)c3c(C)oc4c3CCCC4)C2)n1. The molecule has 2 aromatic rings. The number of hydrogen-bond acceptors (Lipinski definition) is 3. The standard InChI is InChI=1S/C20H27N3O2/c1-13-11-22(3)19(21-13)15-7-6-10-23(12-15)20(24)18-14(2)25-17-9-5-4-8-16(17)18/h11,15H,4-10,12H2,1-3H3/t15-/m1/s1. The molecule has 2 aromatic heterocycles. The molecule has 5 nitrogen and oxygen atoms in total. The van der Waals surface area contributed by atoms with E-state index in [0.29, 0.717) is 5.92 Å². The largest absolute Gasteiger partial charge is 0.465 e. The maximum Gasteiger partial charge on any atom is 0.257 e. The van der Waals surface area contributed by atoms with Gasteiger partial charge in [-0.05, 0) is 46.0 Å². The number of amides is 1. The van der Waals surface area contributed by atoms with Gasteiger partial charge in [-0.3, -0.25) is 4.79 Å². The van der Waals surface area contributed by atoms with Crippen molar-refractivity contribution in [2.45, 2.75) is 58.3 Å². The Morgan fingerprint density at radius 2 is 2.04 bits per heavy atom. The van der Waals surface area contributed by atoms with E-state index in [9.17, 15) is 4.79 Å². The second-order valence-corrected chi connectivity index (χ2v) is 7.58. The van der Waals surface area contributed by atoms with Crippen molar-refractivity contribution in [2.75, 3.05) is 13.1 Å². The molecule has 0 saturated carbocycles. The normalized spacial score (nSPS) is 20.6. The van der Waals surface area contributed by atoms with Crippen LogP contribution in [0.5, 0.6) is 0 Å². The van der Waals surface area contributed by atoms with Crippen LogP contribution < -0.4 is 0 Å². The van der Waals surface area contributed by atoms with Crippen LogP contribution in [0.4, 0.5) is 0 Å². The number of imidazole rings is 1. The summed E-state index contributed by atoms with van der Waals surface area (Å²) in [5.41, 5.74) is 3.05. The lowest BCUT2D eigenvalue weighted by molar-refractivity contribution is 0.0700. The molecule has 3 heterocycles. The van der Waals surface area contributed by atoms with Gasteiger partial charge in [0.15, 0.2) is 0 Å². The van der Waals surface area contributed by atoms with Crippen molar-refractivity contribution >= 4 is 5.91 Å². The van der Waals surface area contributed by atoms with Crippen molar-refractivity contribution in [2.24, 2.45) is 7.05 Å². The van der Waals surface area contributed by atoms with Crippen molar-refractivity contribution in [1.82, 2.24) is 14.5 Å². The Hall–Kier alpha value is -2.04. The molecule has 0 bridgehead atoms. The van der Waals surface area contributed by atoms with E-state index < -0.39 is 0 Å². The highest BCUT2D eigenvalue weighted by molar-refractivity contribution is 5.97. The molecule has 0 unspecified atom stereocenters. The molecular formula is C20H27N3O2. The summed E-state index contributed by atoms with van der Waals surface area (Å²) in [7, 11) is 2.05. The van der Waals surface area contributed by atoms with Gasteiger partial charge in [-0.25, -0.2) is 4.98 Å². The van der Waals surface area contributed by atoms with Crippen LogP contribution in [0.15, 0.2) is 10.6 Å². The molecule has 1 aliphatic carbocycles. The summed E-state index contributed by atoms with van der Waals surface area (Å²) < 4.78 is 8.03. The van der Waals surface area contributed by atoms with Crippen LogP contribution in [0, 0.1) is 13.8 Å². The number of hydrogen-bond donors (Lipinski definition) is 0. The van der Waals surface area contributed by atoms with E-state index in [1.807, 2.05) is 25.8 Å². The van der Waals surface area contributed by atoms with E-state index in [2.05, 4.69) is 15.7 Å². The molecule has 0 radical (unpaired) electrons. The van der Waals surface area contributed by atoms with Crippen molar-refractivity contribution < 1.29 is 9.21 Å². The highest BCUT2D eigenvalue weighted by Gasteiger charge is 2.32. The number of nitrogens with zero attached hydrogens (tertiary/aromatic N) is 3. The molecule has 1 amide bonds. The van der Waals surface area contributed by atoms with E-state index >= 15 is 0 Å². The van der Waals surface area contributed by atoms with Crippen LogP contribution in [0.25, 0.3) is 0 Å². The molecule has 1 saturated heterocycles. The summed E-state index contributed by atoms with van der Waals surface area (Å²) in [6, 6.07) is 0. The molecular weight excluding hydrogens is 314 g/mol. The summed E-state index contributed by atoms with van der Waals surface area (Å²) in [5, 5.41) is 0.